The number of anilines is 1. The van der Waals surface area contributed by atoms with Gasteiger partial charge in [0.05, 0.1) is 22.7 Å². The van der Waals surface area contributed by atoms with Crippen molar-refractivity contribution in [1.82, 2.24) is 5.32 Å². The summed E-state index contributed by atoms with van der Waals surface area (Å²) in [6, 6.07) is 13.0. The van der Waals surface area contributed by atoms with E-state index in [1.165, 1.54) is 0 Å². The van der Waals surface area contributed by atoms with E-state index in [4.69, 9.17) is 9.15 Å². The van der Waals surface area contributed by atoms with Crippen LogP contribution in [0.2, 0.25) is 0 Å². The van der Waals surface area contributed by atoms with Gasteiger partial charge in [0.1, 0.15) is 5.58 Å². The molecule has 30 heavy (non-hydrogen) atoms. The van der Waals surface area contributed by atoms with Crippen LogP contribution in [0.1, 0.15) is 39.3 Å². The van der Waals surface area contributed by atoms with Gasteiger partial charge < -0.3 is 19.8 Å². The van der Waals surface area contributed by atoms with Gasteiger partial charge >= 0.3 is 0 Å². The highest BCUT2D eigenvalue weighted by Gasteiger charge is 2.19. The average molecular weight is 406 g/mol. The number of hydrogen-bond donors (Lipinski definition) is 2. The fourth-order valence-electron chi connectivity index (χ4n) is 3.46. The lowest BCUT2D eigenvalue weighted by Crippen LogP contribution is -2.32. The van der Waals surface area contributed by atoms with E-state index in [2.05, 4.69) is 10.6 Å². The molecule has 0 aliphatic carbocycles. The number of fused-ring (bicyclic) bond motifs is 1. The van der Waals surface area contributed by atoms with Crippen molar-refractivity contribution >= 4 is 28.5 Å². The van der Waals surface area contributed by atoms with Crippen molar-refractivity contribution in [3.63, 3.8) is 0 Å². The van der Waals surface area contributed by atoms with Crippen LogP contribution in [-0.4, -0.2) is 31.1 Å². The highest BCUT2D eigenvalue weighted by molar-refractivity contribution is 6.08. The van der Waals surface area contributed by atoms with Crippen LogP contribution in [0.15, 0.2) is 57.7 Å². The Morgan fingerprint density at radius 1 is 1.10 bits per heavy atom. The number of para-hydroxylation sites is 1. The van der Waals surface area contributed by atoms with E-state index < -0.39 is 5.91 Å². The monoisotopic (exact) mass is 406 g/mol. The predicted molar refractivity (Wildman–Crippen MR) is 113 cm³/mol. The third kappa shape index (κ3) is 4.26. The van der Waals surface area contributed by atoms with Crippen molar-refractivity contribution in [2.24, 2.45) is 0 Å². The summed E-state index contributed by atoms with van der Waals surface area (Å²) in [6.45, 7) is 3.00. The molecule has 1 aliphatic heterocycles. The van der Waals surface area contributed by atoms with Crippen LogP contribution < -0.4 is 16.1 Å². The van der Waals surface area contributed by atoms with Crippen molar-refractivity contribution in [3.8, 4) is 0 Å². The molecule has 1 aromatic heterocycles. The van der Waals surface area contributed by atoms with Gasteiger partial charge in [-0.25, -0.2) is 0 Å². The molecule has 2 N–H and O–H groups in total. The average Bonchev–Trinajstić information content (AvgIpc) is 3.26. The standard InChI is InChI=1S/C23H22N2O5/c1-14-8-9-20-17(11-14)19(26)12-21(30-20)23(28)25-18-7-3-2-6-16(18)22(27)24-13-15-5-4-10-29-15/h2-3,6-9,11-12,15H,4-5,10,13H2,1H3,(H,24,27)(H,25,28)/t15-/m1/s1. The molecule has 0 unspecified atom stereocenters. The van der Waals surface area contributed by atoms with Crippen molar-refractivity contribution in [2.75, 3.05) is 18.5 Å². The lowest BCUT2D eigenvalue weighted by Gasteiger charge is -2.13. The first-order valence-corrected chi connectivity index (χ1v) is 9.86. The number of amides is 2. The van der Waals surface area contributed by atoms with Gasteiger partial charge in [-0.05, 0) is 44.0 Å². The molecule has 0 saturated carbocycles. The number of hydrogen-bond acceptors (Lipinski definition) is 5. The second-order valence-corrected chi connectivity index (χ2v) is 7.32. The SMILES string of the molecule is Cc1ccc2oc(C(=O)Nc3ccccc3C(=O)NC[C@H]3CCCO3)cc(=O)c2c1. The molecular formula is C23H22N2O5. The van der Waals surface area contributed by atoms with E-state index in [0.717, 1.165) is 24.5 Å². The lowest BCUT2D eigenvalue weighted by atomic mass is 10.1. The minimum atomic E-state index is -0.603. The third-order valence-corrected chi connectivity index (χ3v) is 5.04. The van der Waals surface area contributed by atoms with Crippen LogP contribution >= 0.6 is 0 Å². The zero-order valence-electron chi connectivity index (χ0n) is 16.6. The Kier molecular flexibility index (Phi) is 5.63. The second kappa shape index (κ2) is 8.51. The Morgan fingerprint density at radius 2 is 1.93 bits per heavy atom. The first-order chi connectivity index (χ1) is 14.5. The quantitative estimate of drug-likeness (QED) is 0.678. The molecule has 2 amide bonds. The molecule has 0 radical (unpaired) electrons. The Balaban J connectivity index is 1.53. The summed E-state index contributed by atoms with van der Waals surface area (Å²) in [7, 11) is 0. The van der Waals surface area contributed by atoms with E-state index >= 15 is 0 Å². The summed E-state index contributed by atoms with van der Waals surface area (Å²) in [5.74, 6) is -1.03. The van der Waals surface area contributed by atoms with Crippen LogP contribution in [0.3, 0.4) is 0 Å². The zero-order valence-corrected chi connectivity index (χ0v) is 16.6. The van der Waals surface area contributed by atoms with E-state index in [1.807, 2.05) is 6.92 Å². The molecule has 0 spiro atoms. The first-order valence-electron chi connectivity index (χ1n) is 9.86. The van der Waals surface area contributed by atoms with E-state index in [-0.39, 0.29) is 23.2 Å². The Labute approximate surface area is 173 Å². The number of carbonyl (C=O) groups is 2. The molecule has 0 bridgehead atoms. The topological polar surface area (TPSA) is 97.6 Å². The predicted octanol–water partition coefficient (Wildman–Crippen LogP) is 3.26. The van der Waals surface area contributed by atoms with Gasteiger partial charge in [-0.1, -0.05) is 23.8 Å². The number of carbonyl (C=O) groups excluding carboxylic acids is 2. The molecule has 154 valence electrons. The van der Waals surface area contributed by atoms with E-state index in [1.54, 1.807) is 42.5 Å². The van der Waals surface area contributed by atoms with Crippen LogP contribution in [-0.2, 0) is 4.74 Å². The molecule has 3 aromatic rings. The van der Waals surface area contributed by atoms with Gasteiger partial charge in [-0.15, -0.1) is 0 Å². The maximum absolute atomic E-state index is 12.7. The maximum atomic E-state index is 12.7. The number of benzene rings is 2. The van der Waals surface area contributed by atoms with Crippen molar-refractivity contribution in [3.05, 3.63) is 75.6 Å². The largest absolute Gasteiger partial charge is 0.451 e. The summed E-state index contributed by atoms with van der Waals surface area (Å²) in [6.07, 6.45) is 1.93. The Morgan fingerprint density at radius 3 is 2.73 bits per heavy atom. The summed E-state index contributed by atoms with van der Waals surface area (Å²) in [5.41, 5.74) is 1.62. The smallest absolute Gasteiger partial charge is 0.291 e. The van der Waals surface area contributed by atoms with Crippen molar-refractivity contribution in [2.45, 2.75) is 25.9 Å². The lowest BCUT2D eigenvalue weighted by molar-refractivity contribution is 0.0858. The number of ether oxygens (including phenoxy) is 1. The highest BCUT2D eigenvalue weighted by Crippen LogP contribution is 2.19. The molecule has 7 nitrogen and oxygen atoms in total. The van der Waals surface area contributed by atoms with Crippen LogP contribution in [0, 0.1) is 6.92 Å². The minimum Gasteiger partial charge on any atom is -0.451 e. The molecule has 2 heterocycles. The molecule has 7 heteroatoms. The fourth-order valence-corrected chi connectivity index (χ4v) is 3.46. The number of nitrogens with one attached hydrogen (secondary N) is 2. The van der Waals surface area contributed by atoms with Gasteiger partial charge in [-0.3, -0.25) is 14.4 Å². The van der Waals surface area contributed by atoms with Crippen LogP contribution in [0.4, 0.5) is 5.69 Å². The number of rotatable bonds is 5. The maximum Gasteiger partial charge on any atom is 0.291 e. The molecule has 1 aliphatic rings. The normalized spacial score (nSPS) is 15.8. The van der Waals surface area contributed by atoms with E-state index in [0.29, 0.717) is 35.4 Å². The van der Waals surface area contributed by atoms with Gasteiger partial charge in [0.15, 0.2) is 11.2 Å². The minimum absolute atomic E-state index is 0.0196. The van der Waals surface area contributed by atoms with Crippen molar-refractivity contribution < 1.29 is 18.7 Å². The number of aryl methyl sites for hydroxylation is 1. The zero-order chi connectivity index (χ0) is 21.1. The molecule has 1 saturated heterocycles. The van der Waals surface area contributed by atoms with E-state index in [9.17, 15) is 14.4 Å². The summed E-state index contributed by atoms with van der Waals surface area (Å²) in [5, 5.41) is 5.94. The van der Waals surface area contributed by atoms with Gasteiger partial charge in [-0.2, -0.15) is 0 Å². The van der Waals surface area contributed by atoms with Crippen LogP contribution in [0.25, 0.3) is 11.0 Å². The summed E-state index contributed by atoms with van der Waals surface area (Å²) >= 11 is 0. The van der Waals surface area contributed by atoms with Gasteiger partial charge in [0.25, 0.3) is 11.8 Å². The summed E-state index contributed by atoms with van der Waals surface area (Å²) < 4.78 is 11.1. The van der Waals surface area contributed by atoms with Crippen molar-refractivity contribution in [1.29, 1.82) is 0 Å². The molecule has 1 atom stereocenters. The molecule has 2 aromatic carbocycles. The highest BCUT2D eigenvalue weighted by atomic mass is 16.5. The fraction of sp³-hybridized carbons (Fsp3) is 0.261. The second-order valence-electron chi connectivity index (χ2n) is 7.32. The van der Waals surface area contributed by atoms with Gasteiger partial charge in [0, 0.05) is 19.2 Å². The molecule has 1 fully saturated rings. The Hall–Kier alpha value is -3.45. The molecule has 4 rings (SSSR count). The Bertz CT molecular complexity index is 1160. The third-order valence-electron chi connectivity index (χ3n) is 5.04. The first kappa shape index (κ1) is 19.8. The summed E-state index contributed by atoms with van der Waals surface area (Å²) in [4.78, 5) is 37.7. The van der Waals surface area contributed by atoms with Crippen LogP contribution in [0.5, 0.6) is 0 Å². The van der Waals surface area contributed by atoms with Gasteiger partial charge in [0.2, 0.25) is 0 Å². The molecular weight excluding hydrogens is 384 g/mol.